The number of nitrogens with one attached hydrogen (secondary N) is 1. The molecular formula is C20H17F2N3O2. The third-order valence-corrected chi connectivity index (χ3v) is 4.42. The Morgan fingerprint density at radius 1 is 1.15 bits per heavy atom. The highest BCUT2D eigenvalue weighted by Gasteiger charge is 2.24. The van der Waals surface area contributed by atoms with E-state index >= 15 is 0 Å². The van der Waals surface area contributed by atoms with Gasteiger partial charge in [0.25, 0.3) is 5.91 Å². The lowest BCUT2D eigenvalue weighted by Gasteiger charge is -2.12. The summed E-state index contributed by atoms with van der Waals surface area (Å²) in [5.41, 5.74) is 2.83. The maximum atomic E-state index is 13.6. The molecule has 0 spiro atoms. The molecule has 1 heterocycles. The predicted octanol–water partition coefficient (Wildman–Crippen LogP) is 3.66. The molecule has 0 radical (unpaired) electrons. The van der Waals surface area contributed by atoms with Gasteiger partial charge in [-0.3, -0.25) is 4.79 Å². The minimum Gasteiger partial charge on any atom is -0.481 e. The lowest BCUT2D eigenvalue weighted by molar-refractivity contribution is -0.118. The largest absolute Gasteiger partial charge is 0.481 e. The van der Waals surface area contributed by atoms with Crippen LogP contribution >= 0.6 is 0 Å². The normalized spacial score (nSPS) is 12.7. The van der Waals surface area contributed by atoms with Crippen LogP contribution < -0.4 is 10.1 Å². The van der Waals surface area contributed by atoms with Crippen LogP contribution in [0.5, 0.6) is 5.75 Å². The number of rotatable bonds is 5. The Kier molecular flexibility index (Phi) is 4.58. The van der Waals surface area contributed by atoms with Crippen molar-refractivity contribution in [3.8, 4) is 11.4 Å². The molecule has 0 fully saturated rings. The number of ether oxygens (including phenoxy) is 1. The second kappa shape index (κ2) is 7.19. The Hall–Kier alpha value is -3.22. The van der Waals surface area contributed by atoms with Gasteiger partial charge in [-0.1, -0.05) is 18.2 Å². The van der Waals surface area contributed by atoms with Crippen molar-refractivity contribution in [3.63, 3.8) is 0 Å². The van der Waals surface area contributed by atoms with Crippen LogP contribution in [0.2, 0.25) is 0 Å². The van der Waals surface area contributed by atoms with Crippen molar-refractivity contribution in [2.45, 2.75) is 19.3 Å². The lowest BCUT2D eigenvalue weighted by Crippen LogP contribution is -2.23. The van der Waals surface area contributed by atoms with Crippen LogP contribution in [-0.4, -0.2) is 22.3 Å². The van der Waals surface area contributed by atoms with Crippen molar-refractivity contribution in [1.29, 1.82) is 0 Å². The molecule has 27 heavy (non-hydrogen) atoms. The first-order valence-electron chi connectivity index (χ1n) is 8.66. The van der Waals surface area contributed by atoms with Crippen LogP contribution in [0, 0.1) is 11.6 Å². The number of halogens is 2. The lowest BCUT2D eigenvalue weighted by atomic mass is 10.2. The summed E-state index contributed by atoms with van der Waals surface area (Å²) >= 11 is 0. The summed E-state index contributed by atoms with van der Waals surface area (Å²) < 4.78 is 33.5. The van der Waals surface area contributed by atoms with Crippen molar-refractivity contribution in [3.05, 3.63) is 71.4 Å². The number of fused-ring (bicyclic) bond motifs is 1. The summed E-state index contributed by atoms with van der Waals surface area (Å²) in [6.07, 6.45) is 2.70. The van der Waals surface area contributed by atoms with E-state index in [2.05, 4.69) is 10.4 Å². The van der Waals surface area contributed by atoms with E-state index in [-0.39, 0.29) is 5.75 Å². The fourth-order valence-corrected chi connectivity index (χ4v) is 3.18. The van der Waals surface area contributed by atoms with Crippen LogP contribution in [0.15, 0.2) is 48.5 Å². The molecule has 1 aliphatic carbocycles. The SMILES string of the molecule is O=C(COc1ccc(F)cc1F)Nc1c2c(nn1-c1ccccc1)CCC2. The molecule has 5 nitrogen and oxygen atoms in total. The smallest absolute Gasteiger partial charge is 0.263 e. The Bertz CT molecular complexity index is 986. The van der Waals surface area contributed by atoms with Gasteiger partial charge in [-0.25, -0.2) is 13.5 Å². The summed E-state index contributed by atoms with van der Waals surface area (Å²) in [5.74, 6) is -1.55. The van der Waals surface area contributed by atoms with E-state index in [1.54, 1.807) is 4.68 Å². The number of nitrogens with zero attached hydrogens (tertiary/aromatic N) is 2. The Morgan fingerprint density at radius 3 is 2.74 bits per heavy atom. The molecule has 1 amide bonds. The van der Waals surface area contributed by atoms with Crippen LogP contribution in [-0.2, 0) is 17.6 Å². The van der Waals surface area contributed by atoms with Gasteiger partial charge in [-0.15, -0.1) is 0 Å². The highest BCUT2D eigenvalue weighted by Crippen LogP contribution is 2.31. The first kappa shape index (κ1) is 17.2. The number of aromatic nitrogens is 2. The van der Waals surface area contributed by atoms with Crippen LogP contribution in [0.3, 0.4) is 0 Å². The van der Waals surface area contributed by atoms with Gasteiger partial charge in [0.1, 0.15) is 11.6 Å². The molecule has 2 aromatic carbocycles. The highest BCUT2D eigenvalue weighted by molar-refractivity contribution is 5.92. The number of amides is 1. The maximum absolute atomic E-state index is 13.6. The Balaban J connectivity index is 1.53. The molecule has 0 bridgehead atoms. The number of para-hydroxylation sites is 1. The third kappa shape index (κ3) is 3.53. The van der Waals surface area contributed by atoms with Crippen molar-refractivity contribution in [2.24, 2.45) is 0 Å². The number of carbonyl (C=O) groups is 1. The topological polar surface area (TPSA) is 56.1 Å². The van der Waals surface area contributed by atoms with E-state index in [4.69, 9.17) is 4.74 Å². The Morgan fingerprint density at radius 2 is 1.96 bits per heavy atom. The molecule has 1 aliphatic rings. The summed E-state index contributed by atoms with van der Waals surface area (Å²) in [6.45, 7) is -0.392. The van der Waals surface area contributed by atoms with Crippen molar-refractivity contribution in [2.75, 3.05) is 11.9 Å². The van der Waals surface area contributed by atoms with Crippen LogP contribution in [0.25, 0.3) is 5.69 Å². The monoisotopic (exact) mass is 369 g/mol. The third-order valence-electron chi connectivity index (χ3n) is 4.42. The van der Waals surface area contributed by atoms with E-state index in [0.29, 0.717) is 11.9 Å². The minimum absolute atomic E-state index is 0.173. The summed E-state index contributed by atoms with van der Waals surface area (Å²) in [4.78, 5) is 12.4. The molecule has 0 saturated heterocycles. The standard InChI is InChI=1S/C20H17F2N3O2/c21-13-9-10-18(16(22)11-13)27-12-19(26)23-20-15-7-4-8-17(15)24-25(20)14-5-2-1-3-6-14/h1-3,5-6,9-11H,4,7-8,12H2,(H,23,26). The first-order chi connectivity index (χ1) is 13.1. The zero-order valence-electron chi connectivity index (χ0n) is 14.4. The quantitative estimate of drug-likeness (QED) is 0.747. The number of benzene rings is 2. The van der Waals surface area contributed by atoms with Crippen molar-refractivity contribution >= 4 is 11.7 Å². The van der Waals surface area contributed by atoms with Gasteiger partial charge in [0.05, 0.1) is 11.4 Å². The van der Waals surface area contributed by atoms with Gasteiger partial charge in [0.15, 0.2) is 18.2 Å². The van der Waals surface area contributed by atoms with Gasteiger partial charge >= 0.3 is 0 Å². The zero-order valence-corrected chi connectivity index (χ0v) is 14.4. The molecule has 0 aliphatic heterocycles. The molecule has 0 unspecified atom stereocenters. The molecule has 0 atom stereocenters. The minimum atomic E-state index is -0.849. The number of hydrogen-bond acceptors (Lipinski definition) is 3. The molecule has 1 N–H and O–H groups in total. The van der Waals surface area contributed by atoms with Gasteiger partial charge in [0, 0.05) is 11.6 Å². The zero-order chi connectivity index (χ0) is 18.8. The summed E-state index contributed by atoms with van der Waals surface area (Å²) in [7, 11) is 0. The van der Waals surface area contributed by atoms with Gasteiger partial charge in [-0.2, -0.15) is 5.10 Å². The first-order valence-corrected chi connectivity index (χ1v) is 8.66. The average Bonchev–Trinajstić information content (AvgIpc) is 3.24. The number of hydrogen-bond donors (Lipinski definition) is 1. The second-order valence-corrected chi connectivity index (χ2v) is 6.29. The number of carbonyl (C=O) groups excluding carboxylic acids is 1. The van der Waals surface area contributed by atoms with Crippen molar-refractivity contribution < 1.29 is 18.3 Å². The average molecular weight is 369 g/mol. The van der Waals surface area contributed by atoms with E-state index in [1.807, 2.05) is 30.3 Å². The van der Waals surface area contributed by atoms with E-state index < -0.39 is 24.1 Å². The maximum Gasteiger partial charge on any atom is 0.263 e. The van der Waals surface area contributed by atoms with E-state index in [0.717, 1.165) is 48.3 Å². The Labute approximate surface area is 154 Å². The predicted molar refractivity (Wildman–Crippen MR) is 96.1 cm³/mol. The molecule has 7 heteroatoms. The van der Waals surface area contributed by atoms with Gasteiger partial charge in [-0.05, 0) is 43.5 Å². The summed E-state index contributed by atoms with van der Waals surface area (Å²) in [5, 5.41) is 7.45. The molecular weight excluding hydrogens is 352 g/mol. The molecule has 0 saturated carbocycles. The second-order valence-electron chi connectivity index (χ2n) is 6.29. The molecule has 4 rings (SSSR count). The van der Waals surface area contributed by atoms with Crippen LogP contribution in [0.1, 0.15) is 17.7 Å². The number of anilines is 1. The molecule has 138 valence electrons. The molecule has 1 aromatic heterocycles. The molecule has 3 aromatic rings. The van der Waals surface area contributed by atoms with E-state index in [1.165, 1.54) is 0 Å². The fraction of sp³-hybridized carbons (Fsp3) is 0.200. The van der Waals surface area contributed by atoms with Gasteiger partial charge in [0.2, 0.25) is 0 Å². The number of aryl methyl sites for hydroxylation is 1. The van der Waals surface area contributed by atoms with Crippen LogP contribution in [0.4, 0.5) is 14.6 Å². The van der Waals surface area contributed by atoms with Gasteiger partial charge < -0.3 is 10.1 Å². The van der Waals surface area contributed by atoms with E-state index in [9.17, 15) is 13.6 Å². The fourth-order valence-electron chi connectivity index (χ4n) is 3.18. The highest BCUT2D eigenvalue weighted by atomic mass is 19.1. The summed E-state index contributed by atoms with van der Waals surface area (Å²) in [6, 6.07) is 12.5. The van der Waals surface area contributed by atoms with Crippen molar-refractivity contribution in [1.82, 2.24) is 9.78 Å².